The molecule has 0 heterocycles. The number of hydrogen-bond donors (Lipinski definition) is 0. The van der Waals surface area contributed by atoms with Crippen LogP contribution in [-0.2, 0) is 0 Å². The summed E-state index contributed by atoms with van der Waals surface area (Å²) in [5, 5.41) is 17.7. The summed E-state index contributed by atoms with van der Waals surface area (Å²) >= 11 is 2.26. The zero-order valence-corrected chi connectivity index (χ0v) is 8.34. The Hall–Kier alpha value is -0.290. The van der Waals surface area contributed by atoms with E-state index in [9.17, 15) is 0 Å². The lowest BCUT2D eigenvalue weighted by Crippen LogP contribution is -2.22. The minimum absolute atomic E-state index is 0.304. The van der Waals surface area contributed by atoms with Crippen LogP contribution in [0, 0.1) is 34.0 Å². The summed E-state index contributed by atoms with van der Waals surface area (Å²) in [5.41, 5.74) is -0.652. The quantitative estimate of drug-likeness (QED) is 0.536. The number of rotatable bonds is 1. The molecule has 0 N–H and O–H groups in total. The van der Waals surface area contributed by atoms with Gasteiger partial charge >= 0.3 is 0 Å². The third-order valence-corrected chi connectivity index (χ3v) is 3.47. The Morgan fingerprint density at radius 3 is 2.45 bits per heavy atom. The van der Waals surface area contributed by atoms with Crippen molar-refractivity contribution in [2.24, 2.45) is 11.3 Å². The topological polar surface area (TPSA) is 47.6 Å². The summed E-state index contributed by atoms with van der Waals surface area (Å²) in [6, 6.07) is 4.32. The van der Waals surface area contributed by atoms with E-state index in [-0.39, 0.29) is 0 Å². The van der Waals surface area contributed by atoms with Crippen LogP contribution in [0.1, 0.15) is 19.3 Å². The minimum atomic E-state index is -0.652. The van der Waals surface area contributed by atoms with E-state index in [1.807, 2.05) is 0 Å². The Kier molecular flexibility index (Phi) is 2.72. The molecule has 11 heavy (non-hydrogen) atoms. The first-order valence-corrected chi connectivity index (χ1v) is 5.20. The van der Waals surface area contributed by atoms with Gasteiger partial charge in [-0.2, -0.15) is 10.5 Å². The fourth-order valence-corrected chi connectivity index (χ4v) is 2.80. The van der Waals surface area contributed by atoms with Crippen LogP contribution in [0.4, 0.5) is 0 Å². The molecule has 1 aliphatic rings. The fourth-order valence-electron chi connectivity index (χ4n) is 1.61. The average Bonchev–Trinajstić information content (AvgIpc) is 2.47. The molecule has 3 heteroatoms. The van der Waals surface area contributed by atoms with Crippen LogP contribution in [0.3, 0.4) is 0 Å². The smallest absolute Gasteiger partial charge is 0.147 e. The first kappa shape index (κ1) is 8.80. The molecule has 0 aromatic rings. The predicted octanol–water partition coefficient (Wildman–Crippen LogP) is 2.26. The zero-order valence-electron chi connectivity index (χ0n) is 6.18. The summed E-state index contributed by atoms with van der Waals surface area (Å²) in [6.45, 7) is 0. The molecule has 1 atom stereocenters. The average molecular weight is 260 g/mol. The van der Waals surface area contributed by atoms with E-state index in [4.69, 9.17) is 10.5 Å². The van der Waals surface area contributed by atoms with E-state index in [0.717, 1.165) is 23.7 Å². The third-order valence-electron chi connectivity index (χ3n) is 2.41. The van der Waals surface area contributed by atoms with Gasteiger partial charge in [0, 0.05) is 4.43 Å². The summed E-state index contributed by atoms with van der Waals surface area (Å²) in [7, 11) is 0. The molecule has 1 unspecified atom stereocenters. The van der Waals surface area contributed by atoms with Gasteiger partial charge in [-0.1, -0.05) is 29.0 Å². The van der Waals surface area contributed by atoms with Crippen LogP contribution >= 0.6 is 22.6 Å². The van der Waals surface area contributed by atoms with Gasteiger partial charge in [-0.05, 0) is 18.8 Å². The predicted molar refractivity (Wildman–Crippen MR) is 49.9 cm³/mol. The van der Waals surface area contributed by atoms with Gasteiger partial charge in [0.25, 0.3) is 0 Å². The first-order chi connectivity index (χ1) is 5.29. The lowest BCUT2D eigenvalue weighted by molar-refractivity contribution is 0.418. The van der Waals surface area contributed by atoms with Crippen molar-refractivity contribution in [1.29, 1.82) is 10.5 Å². The van der Waals surface area contributed by atoms with Crippen molar-refractivity contribution in [3.8, 4) is 12.1 Å². The van der Waals surface area contributed by atoms with Crippen molar-refractivity contribution in [2.45, 2.75) is 19.3 Å². The van der Waals surface area contributed by atoms with Gasteiger partial charge in [0.15, 0.2) is 0 Å². The largest absolute Gasteiger partial charge is 0.197 e. The molecule has 1 aliphatic carbocycles. The van der Waals surface area contributed by atoms with Gasteiger partial charge in [-0.3, -0.25) is 0 Å². The second-order valence-corrected chi connectivity index (χ2v) is 3.82. The normalized spacial score (nSPS) is 27.4. The first-order valence-electron chi connectivity index (χ1n) is 3.67. The Morgan fingerprint density at radius 1 is 1.45 bits per heavy atom. The molecule has 1 saturated carbocycles. The number of hydrogen-bond acceptors (Lipinski definition) is 2. The molecule has 58 valence electrons. The molecular weight excluding hydrogens is 251 g/mol. The van der Waals surface area contributed by atoms with E-state index in [2.05, 4.69) is 34.7 Å². The lowest BCUT2D eigenvalue weighted by Gasteiger charge is -2.17. The molecule has 0 aromatic heterocycles. The van der Waals surface area contributed by atoms with Gasteiger partial charge in [-0.25, -0.2) is 0 Å². The molecule has 0 radical (unpaired) electrons. The third kappa shape index (κ3) is 1.35. The maximum Gasteiger partial charge on any atom is 0.147 e. The van der Waals surface area contributed by atoms with Crippen molar-refractivity contribution >= 4 is 22.6 Å². The molecule has 1 rings (SSSR count). The van der Waals surface area contributed by atoms with Gasteiger partial charge in [-0.15, -0.1) is 0 Å². The van der Waals surface area contributed by atoms with Crippen LogP contribution in [0.25, 0.3) is 0 Å². The fraction of sp³-hybridized carbons (Fsp3) is 0.750. The molecule has 0 bridgehead atoms. The molecule has 0 aromatic carbocycles. The van der Waals surface area contributed by atoms with Crippen molar-refractivity contribution in [1.82, 2.24) is 0 Å². The lowest BCUT2D eigenvalue weighted by atomic mass is 9.82. The van der Waals surface area contributed by atoms with Crippen molar-refractivity contribution in [3.05, 3.63) is 0 Å². The molecule has 0 spiro atoms. The van der Waals surface area contributed by atoms with E-state index in [1.54, 1.807) is 0 Å². The van der Waals surface area contributed by atoms with Crippen LogP contribution in [-0.4, -0.2) is 4.43 Å². The highest BCUT2D eigenvalue weighted by Crippen LogP contribution is 2.43. The van der Waals surface area contributed by atoms with E-state index in [1.165, 1.54) is 0 Å². The summed E-state index contributed by atoms with van der Waals surface area (Å²) in [5.74, 6) is 0.304. The summed E-state index contributed by atoms with van der Waals surface area (Å²) in [6.07, 6.45) is 2.85. The summed E-state index contributed by atoms with van der Waals surface area (Å²) in [4.78, 5) is 0. The SMILES string of the molecule is N#CC1(C#N)CCCC1CI. The van der Waals surface area contributed by atoms with Gasteiger partial charge in [0.05, 0.1) is 12.1 Å². The highest BCUT2D eigenvalue weighted by Gasteiger charge is 2.42. The van der Waals surface area contributed by atoms with Crippen LogP contribution in [0.15, 0.2) is 0 Å². The molecule has 2 nitrogen and oxygen atoms in total. The maximum atomic E-state index is 8.84. The molecule has 0 amide bonds. The van der Waals surface area contributed by atoms with E-state index < -0.39 is 5.41 Å². The minimum Gasteiger partial charge on any atom is -0.197 e. The second kappa shape index (κ2) is 3.40. The second-order valence-electron chi connectivity index (χ2n) is 2.94. The van der Waals surface area contributed by atoms with Crippen molar-refractivity contribution in [2.75, 3.05) is 4.43 Å². The molecule has 0 aliphatic heterocycles. The highest BCUT2D eigenvalue weighted by molar-refractivity contribution is 14.1. The van der Waals surface area contributed by atoms with Gasteiger partial charge in [0.1, 0.15) is 5.41 Å². The summed E-state index contributed by atoms with van der Waals surface area (Å²) < 4.78 is 0.929. The monoisotopic (exact) mass is 260 g/mol. The Bertz CT molecular complexity index is 209. The molecular formula is C8H9IN2. The van der Waals surface area contributed by atoms with E-state index >= 15 is 0 Å². The van der Waals surface area contributed by atoms with Crippen molar-refractivity contribution in [3.63, 3.8) is 0 Å². The number of nitrogens with zero attached hydrogens (tertiary/aromatic N) is 2. The molecule has 1 fully saturated rings. The van der Waals surface area contributed by atoms with Gasteiger partial charge < -0.3 is 0 Å². The highest BCUT2D eigenvalue weighted by atomic mass is 127. The van der Waals surface area contributed by atoms with Gasteiger partial charge in [0.2, 0.25) is 0 Å². The van der Waals surface area contributed by atoms with E-state index in [0.29, 0.717) is 5.92 Å². The Morgan fingerprint density at radius 2 is 2.09 bits per heavy atom. The number of alkyl halides is 1. The standard InChI is InChI=1S/C8H9IN2/c9-4-7-2-1-3-8(7,5-10)6-11/h7H,1-4H2. The van der Waals surface area contributed by atoms with Crippen LogP contribution < -0.4 is 0 Å². The van der Waals surface area contributed by atoms with Crippen LogP contribution in [0.5, 0.6) is 0 Å². The Labute approximate surface area is 80.3 Å². The maximum absolute atomic E-state index is 8.84. The van der Waals surface area contributed by atoms with Crippen LogP contribution in [0.2, 0.25) is 0 Å². The van der Waals surface area contributed by atoms with Crippen molar-refractivity contribution < 1.29 is 0 Å². The number of halogens is 1. The number of nitriles is 2. The zero-order chi connectivity index (χ0) is 8.32. The Balaban J connectivity index is 2.85. The molecule has 0 saturated heterocycles.